The fourth-order valence-corrected chi connectivity index (χ4v) is 0.569. The number of allylic oxidation sites excluding steroid dienone is 1. The van der Waals surface area contributed by atoms with Gasteiger partial charge in [-0.25, -0.2) is 9.59 Å². The molecular formula is C8H11NO3. The zero-order valence-corrected chi connectivity index (χ0v) is 7.11. The van der Waals surface area contributed by atoms with Gasteiger partial charge in [0.2, 0.25) is 12.3 Å². The Bertz CT molecular complexity index is 216. The summed E-state index contributed by atoms with van der Waals surface area (Å²) >= 11 is 0. The number of carbonyl (C=O) groups is 1. The van der Waals surface area contributed by atoms with E-state index in [1.165, 1.54) is 12.2 Å². The van der Waals surface area contributed by atoms with Crippen LogP contribution < -0.4 is 0 Å². The summed E-state index contributed by atoms with van der Waals surface area (Å²) in [7, 11) is 0. The van der Waals surface area contributed by atoms with Crippen LogP contribution >= 0.6 is 0 Å². The fourth-order valence-electron chi connectivity index (χ4n) is 0.569. The average Bonchev–Trinajstić information content (AvgIpc) is 2.04. The van der Waals surface area contributed by atoms with Crippen LogP contribution in [-0.4, -0.2) is 18.3 Å². The van der Waals surface area contributed by atoms with Crippen molar-refractivity contribution < 1.29 is 14.3 Å². The van der Waals surface area contributed by atoms with E-state index >= 15 is 0 Å². The Hall–Kier alpha value is -1.41. The summed E-state index contributed by atoms with van der Waals surface area (Å²) in [5.41, 5.74) is 0. The second kappa shape index (κ2) is 6.31. The van der Waals surface area contributed by atoms with E-state index in [1.807, 2.05) is 0 Å². The molecule has 0 fully saturated rings. The van der Waals surface area contributed by atoms with Crippen LogP contribution in [0.1, 0.15) is 20.3 Å². The molecule has 1 unspecified atom stereocenters. The lowest BCUT2D eigenvalue weighted by molar-refractivity contribution is -0.142. The van der Waals surface area contributed by atoms with E-state index in [0.717, 1.165) is 0 Å². The summed E-state index contributed by atoms with van der Waals surface area (Å²) in [6.07, 6.45) is 3.93. The maximum atomic E-state index is 10.8. The van der Waals surface area contributed by atoms with Crippen LogP contribution in [0.5, 0.6) is 0 Å². The number of hydrogen-bond donors (Lipinski definition) is 0. The molecule has 1 atom stereocenters. The van der Waals surface area contributed by atoms with Crippen LogP contribution in [0.15, 0.2) is 17.1 Å². The number of carbonyl (C=O) groups excluding carboxylic acids is 2. The van der Waals surface area contributed by atoms with Crippen molar-refractivity contribution in [1.82, 2.24) is 0 Å². The zero-order chi connectivity index (χ0) is 9.40. The van der Waals surface area contributed by atoms with E-state index in [9.17, 15) is 9.59 Å². The number of ether oxygens (including phenoxy) is 1. The van der Waals surface area contributed by atoms with Crippen molar-refractivity contribution in [1.29, 1.82) is 0 Å². The highest BCUT2D eigenvalue weighted by Crippen LogP contribution is 1.99. The van der Waals surface area contributed by atoms with Gasteiger partial charge in [0, 0.05) is 12.5 Å². The van der Waals surface area contributed by atoms with Crippen molar-refractivity contribution in [3.63, 3.8) is 0 Å². The first-order valence-corrected chi connectivity index (χ1v) is 3.64. The molecule has 0 aromatic heterocycles. The van der Waals surface area contributed by atoms with Crippen molar-refractivity contribution in [3.8, 4) is 0 Å². The second-order valence-corrected chi connectivity index (χ2v) is 2.02. The number of aliphatic imine (C=N–C) groups is 1. The number of isocyanates is 1. The van der Waals surface area contributed by atoms with Crippen LogP contribution in [0.25, 0.3) is 0 Å². The van der Waals surface area contributed by atoms with Gasteiger partial charge in [-0.1, -0.05) is 13.0 Å². The molecule has 0 spiro atoms. The van der Waals surface area contributed by atoms with Crippen molar-refractivity contribution in [2.45, 2.75) is 26.5 Å². The SMILES string of the molecule is CC=CC(=O)OC(CC)N=C=O. The van der Waals surface area contributed by atoms with Gasteiger partial charge in [-0.05, 0) is 6.92 Å². The van der Waals surface area contributed by atoms with Gasteiger partial charge in [-0.3, -0.25) is 0 Å². The topological polar surface area (TPSA) is 55.7 Å². The molecule has 0 radical (unpaired) electrons. The van der Waals surface area contributed by atoms with E-state index < -0.39 is 12.2 Å². The smallest absolute Gasteiger partial charge is 0.332 e. The van der Waals surface area contributed by atoms with Crippen LogP contribution in [0.4, 0.5) is 0 Å². The zero-order valence-electron chi connectivity index (χ0n) is 7.11. The van der Waals surface area contributed by atoms with Crippen LogP contribution in [0.2, 0.25) is 0 Å². The Balaban J connectivity index is 4.02. The molecule has 0 amide bonds. The standard InChI is InChI=1S/C8H11NO3/c1-3-5-8(11)12-7(4-2)9-6-10/h3,5,7H,4H2,1-2H3. The lowest BCUT2D eigenvalue weighted by Crippen LogP contribution is -2.12. The van der Waals surface area contributed by atoms with Crippen molar-refractivity contribution in [2.24, 2.45) is 4.99 Å². The first-order valence-electron chi connectivity index (χ1n) is 3.64. The Morgan fingerprint density at radius 1 is 1.75 bits per heavy atom. The molecule has 0 aliphatic heterocycles. The van der Waals surface area contributed by atoms with Gasteiger partial charge in [-0.15, -0.1) is 0 Å². The first kappa shape index (κ1) is 10.6. The van der Waals surface area contributed by atoms with Gasteiger partial charge >= 0.3 is 5.97 Å². The largest absolute Gasteiger partial charge is 0.436 e. The third-order valence-corrected chi connectivity index (χ3v) is 1.10. The van der Waals surface area contributed by atoms with Gasteiger partial charge in [0.05, 0.1) is 0 Å². The van der Waals surface area contributed by atoms with Gasteiger partial charge in [-0.2, -0.15) is 4.99 Å². The summed E-state index contributed by atoms with van der Waals surface area (Å²) in [5, 5.41) is 0. The second-order valence-electron chi connectivity index (χ2n) is 2.02. The molecule has 4 heteroatoms. The summed E-state index contributed by atoms with van der Waals surface area (Å²) in [4.78, 5) is 23.9. The molecule has 0 bridgehead atoms. The Morgan fingerprint density at radius 3 is 2.83 bits per heavy atom. The summed E-state index contributed by atoms with van der Waals surface area (Å²) in [6, 6.07) is 0. The third-order valence-electron chi connectivity index (χ3n) is 1.10. The third kappa shape index (κ3) is 4.41. The summed E-state index contributed by atoms with van der Waals surface area (Å²) in [5.74, 6) is -0.497. The Kier molecular flexibility index (Phi) is 5.57. The first-order chi connectivity index (χ1) is 5.74. The predicted octanol–water partition coefficient (Wildman–Crippen LogP) is 1.18. The van der Waals surface area contributed by atoms with Crippen molar-refractivity contribution in [3.05, 3.63) is 12.2 Å². The number of esters is 1. The highest BCUT2D eigenvalue weighted by atomic mass is 16.6. The normalized spacial score (nSPS) is 12.2. The molecule has 0 heterocycles. The van der Waals surface area contributed by atoms with Crippen molar-refractivity contribution in [2.75, 3.05) is 0 Å². The van der Waals surface area contributed by atoms with Gasteiger partial charge in [0.15, 0.2) is 0 Å². The summed E-state index contributed by atoms with van der Waals surface area (Å²) < 4.78 is 4.73. The molecule has 0 aliphatic carbocycles. The molecule has 0 rings (SSSR count). The number of hydrogen-bond acceptors (Lipinski definition) is 4. The molecule has 12 heavy (non-hydrogen) atoms. The molecule has 0 saturated carbocycles. The lowest BCUT2D eigenvalue weighted by atomic mass is 10.4. The van der Waals surface area contributed by atoms with E-state index in [4.69, 9.17) is 4.74 Å². The van der Waals surface area contributed by atoms with Gasteiger partial charge < -0.3 is 4.74 Å². The minimum absolute atomic E-state index is 0.471. The predicted molar refractivity (Wildman–Crippen MR) is 43.1 cm³/mol. The summed E-state index contributed by atoms with van der Waals surface area (Å²) in [6.45, 7) is 3.46. The lowest BCUT2D eigenvalue weighted by Gasteiger charge is -2.06. The maximum absolute atomic E-state index is 10.8. The molecule has 0 aromatic carbocycles. The van der Waals surface area contributed by atoms with E-state index in [1.54, 1.807) is 19.9 Å². The molecule has 0 aliphatic rings. The molecule has 66 valence electrons. The Morgan fingerprint density at radius 2 is 2.42 bits per heavy atom. The van der Waals surface area contributed by atoms with Crippen molar-refractivity contribution >= 4 is 12.0 Å². The van der Waals surface area contributed by atoms with Gasteiger partial charge in [0.1, 0.15) is 0 Å². The van der Waals surface area contributed by atoms with E-state index in [0.29, 0.717) is 6.42 Å². The van der Waals surface area contributed by atoms with Crippen LogP contribution in [0, 0.1) is 0 Å². The number of rotatable bonds is 4. The fraction of sp³-hybridized carbons (Fsp3) is 0.500. The van der Waals surface area contributed by atoms with Crippen LogP contribution in [-0.2, 0) is 14.3 Å². The van der Waals surface area contributed by atoms with Crippen LogP contribution in [0.3, 0.4) is 0 Å². The molecule has 0 N–H and O–H groups in total. The minimum atomic E-state index is -0.703. The van der Waals surface area contributed by atoms with Gasteiger partial charge in [0.25, 0.3) is 0 Å². The minimum Gasteiger partial charge on any atom is -0.436 e. The maximum Gasteiger partial charge on any atom is 0.332 e. The van der Waals surface area contributed by atoms with E-state index in [-0.39, 0.29) is 0 Å². The monoisotopic (exact) mass is 169 g/mol. The van der Waals surface area contributed by atoms with E-state index in [2.05, 4.69) is 4.99 Å². The molecular weight excluding hydrogens is 158 g/mol. The average molecular weight is 169 g/mol. The quantitative estimate of drug-likeness (QED) is 0.275. The Labute approximate surface area is 70.9 Å². The molecule has 4 nitrogen and oxygen atoms in total. The molecule has 0 saturated heterocycles. The number of nitrogens with zero attached hydrogens (tertiary/aromatic N) is 1. The molecule has 0 aromatic rings. The highest BCUT2D eigenvalue weighted by Gasteiger charge is 2.06. The highest BCUT2D eigenvalue weighted by molar-refractivity contribution is 5.81.